The maximum Gasteiger partial charge on any atom is 0.251 e. The molecule has 0 aromatic heterocycles. The Morgan fingerprint density at radius 1 is 1.47 bits per heavy atom. The topological polar surface area (TPSA) is 75.3 Å². The zero-order chi connectivity index (χ0) is 13.8. The first-order chi connectivity index (χ1) is 9.11. The number of hydrogen-bond donors (Lipinski definition) is 3. The second-order valence-electron chi connectivity index (χ2n) is 5.03. The number of hydrogen-bond acceptors (Lipinski definition) is 3. The number of phenols is 1. The summed E-state index contributed by atoms with van der Waals surface area (Å²) in [5.74, 6) is 0.259. The first-order valence-corrected chi connectivity index (χ1v) is 6.99. The molecule has 19 heavy (non-hydrogen) atoms. The second kappa shape index (κ2) is 6.26. The van der Waals surface area contributed by atoms with Crippen molar-refractivity contribution in [3.63, 3.8) is 0 Å². The number of nitrogens with one attached hydrogen (secondary N) is 1. The van der Waals surface area contributed by atoms with Crippen molar-refractivity contribution in [2.45, 2.75) is 31.7 Å². The molecule has 1 saturated carbocycles. The molecule has 1 amide bonds. The van der Waals surface area contributed by atoms with E-state index in [1.807, 2.05) is 0 Å². The second-order valence-corrected chi connectivity index (χ2v) is 5.43. The van der Waals surface area contributed by atoms with E-state index in [4.69, 9.17) is 17.3 Å². The summed E-state index contributed by atoms with van der Waals surface area (Å²) in [4.78, 5) is 12.1. The van der Waals surface area contributed by atoms with Gasteiger partial charge in [0.25, 0.3) is 5.91 Å². The van der Waals surface area contributed by atoms with Gasteiger partial charge in [-0.1, -0.05) is 24.4 Å². The van der Waals surface area contributed by atoms with Gasteiger partial charge in [0, 0.05) is 18.2 Å². The Labute approximate surface area is 117 Å². The van der Waals surface area contributed by atoms with Crippen molar-refractivity contribution in [2.24, 2.45) is 11.7 Å². The maximum atomic E-state index is 12.1. The molecule has 1 fully saturated rings. The molecule has 4 N–H and O–H groups in total. The SMILES string of the molecule is NCC(NC(=O)c1ccc(O)c(Cl)c1)C1CCCC1. The zero-order valence-corrected chi connectivity index (χ0v) is 11.5. The Hall–Kier alpha value is -1.26. The molecule has 5 heteroatoms. The molecule has 1 unspecified atom stereocenters. The Kier molecular flexibility index (Phi) is 4.66. The van der Waals surface area contributed by atoms with Crippen molar-refractivity contribution >= 4 is 17.5 Å². The van der Waals surface area contributed by atoms with Gasteiger partial charge in [0.15, 0.2) is 0 Å². The van der Waals surface area contributed by atoms with Gasteiger partial charge in [-0.25, -0.2) is 0 Å². The third-order valence-corrected chi connectivity index (χ3v) is 4.05. The smallest absolute Gasteiger partial charge is 0.251 e. The van der Waals surface area contributed by atoms with Crippen molar-refractivity contribution in [1.82, 2.24) is 5.32 Å². The quantitative estimate of drug-likeness (QED) is 0.793. The molecule has 2 rings (SSSR count). The van der Waals surface area contributed by atoms with E-state index in [2.05, 4.69) is 5.32 Å². The van der Waals surface area contributed by atoms with E-state index in [1.165, 1.54) is 25.0 Å². The zero-order valence-electron chi connectivity index (χ0n) is 10.7. The minimum atomic E-state index is -0.191. The molecule has 1 aliphatic carbocycles. The van der Waals surface area contributed by atoms with E-state index in [0.717, 1.165) is 12.8 Å². The van der Waals surface area contributed by atoms with Gasteiger partial charge in [0.05, 0.1) is 5.02 Å². The highest BCUT2D eigenvalue weighted by atomic mass is 35.5. The number of rotatable bonds is 4. The highest BCUT2D eigenvalue weighted by Gasteiger charge is 2.25. The van der Waals surface area contributed by atoms with E-state index < -0.39 is 0 Å². The molecule has 104 valence electrons. The minimum Gasteiger partial charge on any atom is -0.506 e. The van der Waals surface area contributed by atoms with Gasteiger partial charge in [-0.15, -0.1) is 0 Å². The maximum absolute atomic E-state index is 12.1. The van der Waals surface area contributed by atoms with Crippen LogP contribution in [0.15, 0.2) is 18.2 Å². The molecular formula is C14H19ClN2O2. The minimum absolute atomic E-state index is 0.0163. The summed E-state index contributed by atoms with van der Waals surface area (Å²) in [5, 5.41) is 12.5. The van der Waals surface area contributed by atoms with Gasteiger partial charge < -0.3 is 16.2 Å². The van der Waals surface area contributed by atoms with E-state index in [1.54, 1.807) is 6.07 Å². The molecule has 0 heterocycles. The van der Waals surface area contributed by atoms with Gasteiger partial charge in [0.2, 0.25) is 0 Å². The van der Waals surface area contributed by atoms with E-state index >= 15 is 0 Å². The largest absolute Gasteiger partial charge is 0.506 e. The molecule has 1 aromatic carbocycles. The molecule has 1 aromatic rings. The lowest BCUT2D eigenvalue weighted by atomic mass is 9.98. The van der Waals surface area contributed by atoms with Crippen LogP contribution in [0.1, 0.15) is 36.0 Å². The number of carbonyl (C=O) groups is 1. The van der Waals surface area contributed by atoms with Gasteiger partial charge in [0.1, 0.15) is 5.75 Å². The molecule has 0 saturated heterocycles. The Balaban J connectivity index is 2.04. The molecule has 0 spiro atoms. The molecule has 4 nitrogen and oxygen atoms in total. The average molecular weight is 283 g/mol. The number of nitrogens with two attached hydrogens (primary N) is 1. The summed E-state index contributed by atoms with van der Waals surface area (Å²) in [5.41, 5.74) is 6.20. The van der Waals surface area contributed by atoms with Crippen LogP contribution in [0.5, 0.6) is 5.75 Å². The fourth-order valence-corrected chi connectivity index (χ4v) is 2.81. The first kappa shape index (κ1) is 14.2. The van der Waals surface area contributed by atoms with Crippen LogP contribution in [0.4, 0.5) is 0 Å². The van der Waals surface area contributed by atoms with Crippen LogP contribution in [0.3, 0.4) is 0 Å². The predicted octanol–water partition coefficient (Wildman–Crippen LogP) is 2.29. The molecule has 1 aliphatic rings. The average Bonchev–Trinajstić information content (AvgIpc) is 2.92. The Morgan fingerprint density at radius 3 is 2.74 bits per heavy atom. The summed E-state index contributed by atoms with van der Waals surface area (Å²) in [6.07, 6.45) is 4.67. The highest BCUT2D eigenvalue weighted by molar-refractivity contribution is 6.32. The lowest BCUT2D eigenvalue weighted by Gasteiger charge is -2.23. The van der Waals surface area contributed by atoms with Crippen LogP contribution >= 0.6 is 11.6 Å². The standard InChI is InChI=1S/C14H19ClN2O2/c15-11-7-10(5-6-13(11)18)14(19)17-12(8-16)9-3-1-2-4-9/h5-7,9,12,18H,1-4,8,16H2,(H,17,19). The van der Waals surface area contributed by atoms with Crippen molar-refractivity contribution < 1.29 is 9.90 Å². The van der Waals surface area contributed by atoms with E-state index in [0.29, 0.717) is 18.0 Å². The van der Waals surface area contributed by atoms with Crippen LogP contribution in [0.2, 0.25) is 5.02 Å². The Morgan fingerprint density at radius 2 is 2.16 bits per heavy atom. The Bertz CT molecular complexity index is 459. The van der Waals surface area contributed by atoms with Gasteiger partial charge >= 0.3 is 0 Å². The molecule has 1 atom stereocenters. The normalized spacial score (nSPS) is 17.4. The van der Waals surface area contributed by atoms with Crippen LogP contribution in [0.25, 0.3) is 0 Å². The van der Waals surface area contributed by atoms with Gasteiger partial charge in [-0.2, -0.15) is 0 Å². The van der Waals surface area contributed by atoms with E-state index in [9.17, 15) is 9.90 Å². The number of halogens is 1. The van der Waals surface area contributed by atoms with Gasteiger partial charge in [-0.3, -0.25) is 4.79 Å². The third-order valence-electron chi connectivity index (χ3n) is 3.75. The summed E-state index contributed by atoms with van der Waals surface area (Å²) >= 11 is 5.80. The summed E-state index contributed by atoms with van der Waals surface area (Å²) < 4.78 is 0. The molecule has 0 aliphatic heterocycles. The van der Waals surface area contributed by atoms with Crippen molar-refractivity contribution in [1.29, 1.82) is 0 Å². The van der Waals surface area contributed by atoms with Gasteiger partial charge in [-0.05, 0) is 37.0 Å². The fraction of sp³-hybridized carbons (Fsp3) is 0.500. The lowest BCUT2D eigenvalue weighted by molar-refractivity contribution is 0.0924. The summed E-state index contributed by atoms with van der Waals surface area (Å²) in [6.45, 7) is 0.447. The van der Waals surface area contributed by atoms with Crippen molar-refractivity contribution in [3.8, 4) is 5.75 Å². The van der Waals surface area contributed by atoms with Crippen molar-refractivity contribution in [3.05, 3.63) is 28.8 Å². The number of phenolic OH excluding ortho intramolecular Hbond substituents is 1. The number of benzene rings is 1. The molecular weight excluding hydrogens is 264 g/mol. The fourth-order valence-electron chi connectivity index (χ4n) is 2.63. The van der Waals surface area contributed by atoms with Crippen LogP contribution in [0, 0.1) is 5.92 Å². The monoisotopic (exact) mass is 282 g/mol. The van der Waals surface area contributed by atoms with Crippen LogP contribution < -0.4 is 11.1 Å². The highest BCUT2D eigenvalue weighted by Crippen LogP contribution is 2.28. The predicted molar refractivity (Wildman–Crippen MR) is 75.4 cm³/mol. The number of amides is 1. The summed E-state index contributed by atoms with van der Waals surface area (Å²) in [7, 11) is 0. The molecule has 0 radical (unpaired) electrons. The van der Waals surface area contributed by atoms with E-state index in [-0.39, 0.29) is 22.7 Å². The lowest BCUT2D eigenvalue weighted by Crippen LogP contribution is -2.44. The third kappa shape index (κ3) is 3.39. The van der Waals surface area contributed by atoms with Crippen LogP contribution in [-0.4, -0.2) is 23.6 Å². The van der Waals surface area contributed by atoms with Crippen LogP contribution in [-0.2, 0) is 0 Å². The molecule has 0 bridgehead atoms. The van der Waals surface area contributed by atoms with Crippen molar-refractivity contribution in [2.75, 3.05) is 6.54 Å². The number of carbonyl (C=O) groups excluding carboxylic acids is 1. The summed E-state index contributed by atoms with van der Waals surface area (Å²) in [6, 6.07) is 4.46. The number of aromatic hydroxyl groups is 1. The first-order valence-electron chi connectivity index (χ1n) is 6.61.